The minimum Gasteiger partial charge on any atom is -0.399 e. The molecule has 1 fully saturated rings. The lowest BCUT2D eigenvalue weighted by molar-refractivity contribution is -0.119. The lowest BCUT2D eigenvalue weighted by Gasteiger charge is -2.34. The summed E-state index contributed by atoms with van der Waals surface area (Å²) in [5, 5.41) is 2.91. The Labute approximate surface area is 115 Å². The molecule has 1 aliphatic heterocycles. The highest BCUT2D eigenvalue weighted by atomic mass is 16.1. The molecule has 3 N–H and O–H groups in total. The molecule has 4 nitrogen and oxygen atoms in total. The van der Waals surface area contributed by atoms with Crippen molar-refractivity contribution < 1.29 is 4.79 Å². The van der Waals surface area contributed by atoms with Crippen LogP contribution in [0.1, 0.15) is 25.3 Å². The number of hydrogen-bond donors (Lipinski definition) is 2. The Bertz CT molecular complexity index is 430. The minimum absolute atomic E-state index is 0.0638. The number of carbonyl (C=O) groups excluding carboxylic acids is 1. The molecule has 0 bridgehead atoms. The van der Waals surface area contributed by atoms with E-state index in [1.54, 1.807) is 6.92 Å². The van der Waals surface area contributed by atoms with Crippen molar-refractivity contribution in [1.82, 2.24) is 5.32 Å². The maximum Gasteiger partial charge on any atom is 0.216 e. The van der Waals surface area contributed by atoms with Crippen LogP contribution in [-0.2, 0) is 4.79 Å². The zero-order valence-electron chi connectivity index (χ0n) is 11.8. The smallest absolute Gasteiger partial charge is 0.216 e. The van der Waals surface area contributed by atoms with E-state index in [1.165, 1.54) is 11.3 Å². The quantitative estimate of drug-likeness (QED) is 0.817. The molecular weight excluding hydrogens is 238 g/mol. The third kappa shape index (κ3) is 3.88. The van der Waals surface area contributed by atoms with Gasteiger partial charge in [-0.25, -0.2) is 0 Å². The number of nitrogens with two attached hydrogens (primary N) is 1. The van der Waals surface area contributed by atoms with Gasteiger partial charge in [-0.05, 0) is 49.4 Å². The molecule has 1 amide bonds. The van der Waals surface area contributed by atoms with Crippen LogP contribution >= 0.6 is 0 Å². The van der Waals surface area contributed by atoms with Gasteiger partial charge in [0.2, 0.25) is 5.91 Å². The van der Waals surface area contributed by atoms with Crippen LogP contribution in [0.2, 0.25) is 0 Å². The fourth-order valence-corrected chi connectivity index (χ4v) is 2.66. The molecule has 104 valence electrons. The predicted molar refractivity (Wildman–Crippen MR) is 79.2 cm³/mol. The second-order valence-electron chi connectivity index (χ2n) is 5.47. The van der Waals surface area contributed by atoms with Gasteiger partial charge in [-0.3, -0.25) is 4.79 Å². The van der Waals surface area contributed by atoms with Crippen LogP contribution in [0.4, 0.5) is 11.4 Å². The number of nitrogens with one attached hydrogen (secondary N) is 1. The number of nitrogen functional groups attached to an aromatic ring is 1. The maximum atomic E-state index is 10.9. The zero-order valence-corrected chi connectivity index (χ0v) is 11.8. The van der Waals surface area contributed by atoms with Gasteiger partial charge < -0.3 is 16.0 Å². The van der Waals surface area contributed by atoms with Crippen molar-refractivity contribution in [2.75, 3.05) is 30.3 Å². The molecule has 1 heterocycles. The molecule has 1 aromatic carbocycles. The molecule has 1 aliphatic rings. The first kappa shape index (κ1) is 13.7. The van der Waals surface area contributed by atoms with Crippen molar-refractivity contribution in [3.05, 3.63) is 23.8 Å². The van der Waals surface area contributed by atoms with Gasteiger partial charge in [0.25, 0.3) is 0 Å². The summed E-state index contributed by atoms with van der Waals surface area (Å²) in [6.07, 6.45) is 2.24. The highest BCUT2D eigenvalue weighted by Gasteiger charge is 2.19. The Morgan fingerprint density at radius 1 is 1.37 bits per heavy atom. The van der Waals surface area contributed by atoms with Crippen LogP contribution in [0.15, 0.2) is 18.2 Å². The molecule has 1 saturated heterocycles. The average Bonchev–Trinajstić information content (AvgIpc) is 2.36. The van der Waals surface area contributed by atoms with Gasteiger partial charge in [0, 0.05) is 37.9 Å². The van der Waals surface area contributed by atoms with E-state index in [2.05, 4.69) is 23.2 Å². The van der Waals surface area contributed by atoms with Crippen molar-refractivity contribution in [2.45, 2.75) is 26.7 Å². The molecule has 0 spiro atoms. The van der Waals surface area contributed by atoms with Crippen LogP contribution in [0, 0.1) is 12.8 Å². The number of carbonyl (C=O) groups is 1. The van der Waals surface area contributed by atoms with E-state index >= 15 is 0 Å². The number of anilines is 2. The number of piperidine rings is 1. The summed E-state index contributed by atoms with van der Waals surface area (Å²) in [6, 6.07) is 6.22. The minimum atomic E-state index is 0.0638. The van der Waals surface area contributed by atoms with Gasteiger partial charge >= 0.3 is 0 Å². The van der Waals surface area contributed by atoms with Crippen molar-refractivity contribution >= 4 is 17.3 Å². The first-order chi connectivity index (χ1) is 9.04. The van der Waals surface area contributed by atoms with E-state index in [1.807, 2.05) is 12.1 Å². The van der Waals surface area contributed by atoms with E-state index in [0.717, 1.165) is 38.2 Å². The number of aryl methyl sites for hydroxylation is 1. The maximum absolute atomic E-state index is 10.9. The normalized spacial score (nSPS) is 16.4. The van der Waals surface area contributed by atoms with Gasteiger partial charge in [0.1, 0.15) is 0 Å². The standard InChI is InChI=1S/C15H23N3O/c1-11-7-14(16)9-15(8-11)18-5-3-13(4-6-18)10-17-12(2)19/h7-9,13H,3-6,10,16H2,1-2H3,(H,17,19). The first-order valence-corrected chi connectivity index (χ1v) is 6.91. The molecule has 0 saturated carbocycles. The van der Waals surface area contributed by atoms with Crippen molar-refractivity contribution in [2.24, 2.45) is 5.92 Å². The Hall–Kier alpha value is -1.71. The van der Waals surface area contributed by atoms with Crippen molar-refractivity contribution in [3.63, 3.8) is 0 Å². The first-order valence-electron chi connectivity index (χ1n) is 6.91. The molecule has 0 unspecified atom stereocenters. The number of hydrogen-bond acceptors (Lipinski definition) is 3. The molecule has 2 rings (SSSR count). The van der Waals surface area contributed by atoms with Gasteiger partial charge in [-0.2, -0.15) is 0 Å². The molecule has 0 radical (unpaired) electrons. The molecule has 19 heavy (non-hydrogen) atoms. The lowest BCUT2D eigenvalue weighted by atomic mass is 9.96. The fraction of sp³-hybridized carbons (Fsp3) is 0.533. The predicted octanol–water partition coefficient (Wildman–Crippen LogP) is 1.93. The van der Waals surface area contributed by atoms with E-state index in [9.17, 15) is 4.79 Å². The van der Waals surface area contributed by atoms with E-state index in [4.69, 9.17) is 5.73 Å². The van der Waals surface area contributed by atoms with Crippen LogP contribution in [-0.4, -0.2) is 25.5 Å². The Kier molecular flexibility index (Phi) is 4.30. The highest BCUT2D eigenvalue weighted by molar-refractivity contribution is 5.72. The summed E-state index contributed by atoms with van der Waals surface area (Å²) in [7, 11) is 0. The molecule has 0 atom stereocenters. The zero-order chi connectivity index (χ0) is 13.8. The fourth-order valence-electron chi connectivity index (χ4n) is 2.66. The third-order valence-corrected chi connectivity index (χ3v) is 3.70. The van der Waals surface area contributed by atoms with Crippen molar-refractivity contribution in [3.8, 4) is 0 Å². The van der Waals surface area contributed by atoms with Gasteiger partial charge in [0.05, 0.1) is 0 Å². The molecule has 1 aromatic rings. The van der Waals surface area contributed by atoms with Crippen LogP contribution in [0.5, 0.6) is 0 Å². The monoisotopic (exact) mass is 261 g/mol. The number of rotatable bonds is 3. The van der Waals surface area contributed by atoms with E-state index < -0.39 is 0 Å². The summed E-state index contributed by atoms with van der Waals surface area (Å²) >= 11 is 0. The van der Waals surface area contributed by atoms with Gasteiger partial charge in [-0.15, -0.1) is 0 Å². The third-order valence-electron chi connectivity index (χ3n) is 3.70. The summed E-state index contributed by atoms with van der Waals surface area (Å²) in [6.45, 7) is 6.52. The summed E-state index contributed by atoms with van der Waals surface area (Å²) in [5.41, 5.74) is 9.15. The number of amides is 1. The Morgan fingerprint density at radius 2 is 2.05 bits per heavy atom. The SMILES string of the molecule is CC(=O)NCC1CCN(c2cc(C)cc(N)c2)CC1. The van der Waals surface area contributed by atoms with Crippen LogP contribution in [0.3, 0.4) is 0 Å². The molecule has 0 aromatic heterocycles. The topological polar surface area (TPSA) is 58.4 Å². The average molecular weight is 261 g/mol. The van der Waals surface area contributed by atoms with Crippen LogP contribution < -0.4 is 16.0 Å². The molecule has 4 heteroatoms. The largest absolute Gasteiger partial charge is 0.399 e. The van der Waals surface area contributed by atoms with Crippen LogP contribution in [0.25, 0.3) is 0 Å². The van der Waals surface area contributed by atoms with Gasteiger partial charge in [0.15, 0.2) is 0 Å². The summed E-state index contributed by atoms with van der Waals surface area (Å²) in [4.78, 5) is 13.3. The molecular formula is C15H23N3O. The number of benzene rings is 1. The Balaban J connectivity index is 1.90. The molecule has 0 aliphatic carbocycles. The van der Waals surface area contributed by atoms with Gasteiger partial charge in [-0.1, -0.05) is 0 Å². The van der Waals surface area contributed by atoms with E-state index in [-0.39, 0.29) is 5.91 Å². The van der Waals surface area contributed by atoms with E-state index in [0.29, 0.717) is 5.92 Å². The van der Waals surface area contributed by atoms with Crippen molar-refractivity contribution in [1.29, 1.82) is 0 Å². The number of nitrogens with zero attached hydrogens (tertiary/aromatic N) is 1. The summed E-state index contributed by atoms with van der Waals surface area (Å²) in [5.74, 6) is 0.663. The second-order valence-corrected chi connectivity index (χ2v) is 5.47. The Morgan fingerprint density at radius 3 is 2.63 bits per heavy atom. The summed E-state index contributed by atoms with van der Waals surface area (Å²) < 4.78 is 0. The second kappa shape index (κ2) is 5.95. The lowest BCUT2D eigenvalue weighted by Crippen LogP contribution is -2.38. The highest BCUT2D eigenvalue weighted by Crippen LogP contribution is 2.25.